The quantitative estimate of drug-likeness (QED) is 0.527. The van der Waals surface area contributed by atoms with Gasteiger partial charge in [-0.1, -0.05) is 60.7 Å². The summed E-state index contributed by atoms with van der Waals surface area (Å²) in [6.45, 7) is 0. The molecule has 0 bridgehead atoms. The molecule has 3 aromatic carbocycles. The number of esters is 1. The Hall–Kier alpha value is -2.96. The van der Waals surface area contributed by atoms with Crippen LogP contribution in [0.5, 0.6) is 0 Å². The number of methoxy groups -OCH3 is 1. The van der Waals surface area contributed by atoms with E-state index in [9.17, 15) is 13.2 Å². The predicted molar refractivity (Wildman–Crippen MR) is 106 cm³/mol. The second-order valence-corrected chi connectivity index (χ2v) is 8.36. The second kappa shape index (κ2) is 7.22. The zero-order valence-electron chi connectivity index (χ0n) is 15.3. The maximum absolute atomic E-state index is 13.0. The number of rotatable bonds is 5. The second-order valence-electron chi connectivity index (χ2n) is 6.64. The average molecular weight is 393 g/mol. The molecule has 4 rings (SSSR count). The Morgan fingerprint density at radius 3 is 2.36 bits per heavy atom. The van der Waals surface area contributed by atoms with Gasteiger partial charge >= 0.3 is 5.97 Å². The van der Waals surface area contributed by atoms with E-state index < -0.39 is 22.0 Å². The van der Waals surface area contributed by atoms with Gasteiger partial charge in [0, 0.05) is 0 Å². The number of benzene rings is 3. The maximum Gasteiger partial charge on any atom is 0.328 e. The van der Waals surface area contributed by atoms with Gasteiger partial charge in [-0.25, -0.2) is 13.2 Å². The molecule has 0 unspecified atom stereocenters. The average Bonchev–Trinajstić information content (AvgIpc) is 3.10. The summed E-state index contributed by atoms with van der Waals surface area (Å²) in [6.07, 6.45) is 0.688. The molecule has 3 aromatic rings. The number of ether oxygens (including phenoxy) is 1. The highest BCUT2D eigenvalue weighted by Crippen LogP contribution is 2.37. The van der Waals surface area contributed by atoms with Crippen LogP contribution in [0.25, 0.3) is 11.1 Å². The van der Waals surface area contributed by atoms with E-state index in [1.165, 1.54) is 12.7 Å². The number of hydrogen-bond acceptors (Lipinski definition) is 4. The third kappa shape index (κ3) is 3.32. The fraction of sp³-hybridized carbons (Fsp3) is 0.136. The summed E-state index contributed by atoms with van der Waals surface area (Å²) in [5.41, 5.74) is 4.83. The molecular weight excluding hydrogens is 374 g/mol. The van der Waals surface area contributed by atoms with Crippen LogP contribution < -0.4 is 4.72 Å². The van der Waals surface area contributed by atoms with Gasteiger partial charge in [0.2, 0.25) is 10.0 Å². The van der Waals surface area contributed by atoms with Crippen molar-refractivity contribution in [2.45, 2.75) is 17.4 Å². The summed E-state index contributed by atoms with van der Waals surface area (Å²) in [6, 6.07) is 20.6. The van der Waals surface area contributed by atoms with Crippen molar-refractivity contribution in [2.75, 3.05) is 7.11 Å². The Kier molecular flexibility index (Phi) is 4.75. The van der Waals surface area contributed by atoms with E-state index in [0.29, 0.717) is 12.0 Å². The van der Waals surface area contributed by atoms with Gasteiger partial charge in [-0.05, 0) is 46.4 Å². The minimum absolute atomic E-state index is 0.129. The zero-order valence-corrected chi connectivity index (χ0v) is 16.1. The normalized spacial score (nSPS) is 13.5. The van der Waals surface area contributed by atoms with Crippen LogP contribution in [0.2, 0.25) is 0 Å². The lowest BCUT2D eigenvalue weighted by molar-refractivity contribution is -0.142. The summed E-state index contributed by atoms with van der Waals surface area (Å²) in [5, 5.41) is 0. The highest BCUT2D eigenvalue weighted by Gasteiger charge is 2.29. The van der Waals surface area contributed by atoms with Gasteiger partial charge in [0.05, 0.1) is 12.0 Å². The van der Waals surface area contributed by atoms with E-state index in [2.05, 4.69) is 4.72 Å². The summed E-state index contributed by atoms with van der Waals surface area (Å²) >= 11 is 0. The summed E-state index contributed by atoms with van der Waals surface area (Å²) in [4.78, 5) is 12.3. The van der Waals surface area contributed by atoms with Crippen LogP contribution >= 0.6 is 0 Å². The molecule has 5 nitrogen and oxygen atoms in total. The van der Waals surface area contributed by atoms with Gasteiger partial charge in [0.1, 0.15) is 6.04 Å². The van der Waals surface area contributed by atoms with Crippen molar-refractivity contribution < 1.29 is 17.9 Å². The van der Waals surface area contributed by atoms with E-state index >= 15 is 0 Å². The number of sulfonamides is 1. The first-order valence-corrected chi connectivity index (χ1v) is 10.3. The van der Waals surface area contributed by atoms with E-state index in [0.717, 1.165) is 16.7 Å². The van der Waals surface area contributed by atoms with Crippen LogP contribution in [-0.4, -0.2) is 21.5 Å². The predicted octanol–water partition coefficient (Wildman–Crippen LogP) is 3.45. The molecule has 28 heavy (non-hydrogen) atoms. The molecule has 0 heterocycles. The number of fused-ring (bicyclic) bond motifs is 3. The van der Waals surface area contributed by atoms with Crippen LogP contribution in [-0.2, 0) is 26.0 Å². The molecule has 1 aliphatic carbocycles. The molecule has 0 saturated carbocycles. The summed E-state index contributed by atoms with van der Waals surface area (Å²) < 4.78 is 33.3. The first-order valence-electron chi connectivity index (χ1n) is 8.86. The Morgan fingerprint density at radius 2 is 1.61 bits per heavy atom. The molecule has 0 aromatic heterocycles. The standard InChI is InChI=1S/C22H19NO4S/c1-27-22(24)21(15-7-3-2-4-8-15)23-28(25,26)18-11-12-20-17(14-18)13-16-9-5-6-10-19(16)20/h2-12,14,21,23H,13H2,1H3/t21-/m1/s1. The highest BCUT2D eigenvalue weighted by molar-refractivity contribution is 7.89. The minimum atomic E-state index is -3.92. The van der Waals surface area contributed by atoms with Crippen molar-refractivity contribution in [1.82, 2.24) is 4.72 Å². The molecule has 0 aliphatic heterocycles. The van der Waals surface area contributed by atoms with Gasteiger partial charge in [0.15, 0.2) is 0 Å². The fourth-order valence-corrected chi connectivity index (χ4v) is 4.75. The van der Waals surface area contributed by atoms with Crippen LogP contribution in [0.4, 0.5) is 0 Å². The molecule has 1 N–H and O–H groups in total. The van der Waals surface area contributed by atoms with Crippen molar-refractivity contribution in [3.05, 3.63) is 89.5 Å². The minimum Gasteiger partial charge on any atom is -0.468 e. The molecule has 0 amide bonds. The Labute approximate surface area is 164 Å². The summed E-state index contributed by atoms with van der Waals surface area (Å²) in [5.74, 6) is -0.664. The third-order valence-corrected chi connectivity index (χ3v) is 6.34. The van der Waals surface area contributed by atoms with Gasteiger partial charge in [-0.3, -0.25) is 0 Å². The van der Waals surface area contributed by atoms with Crippen LogP contribution in [0.15, 0.2) is 77.7 Å². The van der Waals surface area contributed by atoms with E-state index in [-0.39, 0.29) is 4.90 Å². The number of carbonyl (C=O) groups is 1. The van der Waals surface area contributed by atoms with Crippen LogP contribution in [0.3, 0.4) is 0 Å². The lowest BCUT2D eigenvalue weighted by Gasteiger charge is -2.17. The van der Waals surface area contributed by atoms with Crippen molar-refractivity contribution in [3.63, 3.8) is 0 Å². The molecule has 0 saturated heterocycles. The monoisotopic (exact) mass is 393 g/mol. The van der Waals surface area contributed by atoms with Gasteiger partial charge in [-0.2, -0.15) is 4.72 Å². The summed E-state index contributed by atoms with van der Waals surface area (Å²) in [7, 11) is -2.69. The molecule has 0 fully saturated rings. The molecule has 1 aliphatic rings. The molecule has 142 valence electrons. The SMILES string of the molecule is COC(=O)[C@H](NS(=O)(=O)c1ccc2c(c1)Cc1ccccc1-2)c1ccccc1. The number of nitrogens with one attached hydrogen (secondary N) is 1. The largest absolute Gasteiger partial charge is 0.468 e. The Bertz CT molecular complexity index is 1140. The Morgan fingerprint density at radius 1 is 0.929 bits per heavy atom. The third-order valence-electron chi connectivity index (χ3n) is 4.92. The topological polar surface area (TPSA) is 72.5 Å². The van der Waals surface area contributed by atoms with Crippen molar-refractivity contribution in [2.24, 2.45) is 0 Å². The Balaban J connectivity index is 1.67. The van der Waals surface area contributed by atoms with Gasteiger partial charge in [0.25, 0.3) is 0 Å². The molecule has 0 radical (unpaired) electrons. The molecular formula is C22H19NO4S. The van der Waals surface area contributed by atoms with Crippen LogP contribution in [0, 0.1) is 0 Å². The van der Waals surface area contributed by atoms with Crippen molar-refractivity contribution in [1.29, 1.82) is 0 Å². The fourth-order valence-electron chi connectivity index (χ4n) is 3.53. The lowest BCUT2D eigenvalue weighted by atomic mass is 10.1. The smallest absolute Gasteiger partial charge is 0.328 e. The van der Waals surface area contributed by atoms with Crippen LogP contribution in [0.1, 0.15) is 22.7 Å². The van der Waals surface area contributed by atoms with Crippen molar-refractivity contribution in [3.8, 4) is 11.1 Å². The first-order chi connectivity index (χ1) is 13.5. The number of carbonyl (C=O) groups excluding carboxylic acids is 1. The molecule has 6 heteroatoms. The molecule has 1 atom stereocenters. The van der Waals surface area contributed by atoms with Gasteiger partial charge < -0.3 is 4.74 Å². The highest BCUT2D eigenvalue weighted by atomic mass is 32.2. The van der Waals surface area contributed by atoms with E-state index in [1.807, 2.05) is 30.3 Å². The van der Waals surface area contributed by atoms with Gasteiger partial charge in [-0.15, -0.1) is 0 Å². The zero-order chi connectivity index (χ0) is 19.7. The first kappa shape index (κ1) is 18.4. The van der Waals surface area contributed by atoms with E-state index in [4.69, 9.17) is 4.74 Å². The lowest BCUT2D eigenvalue weighted by Crippen LogP contribution is -2.34. The molecule has 0 spiro atoms. The van der Waals surface area contributed by atoms with Crippen molar-refractivity contribution >= 4 is 16.0 Å². The van der Waals surface area contributed by atoms with E-state index in [1.54, 1.807) is 42.5 Å². The maximum atomic E-state index is 13.0. The number of hydrogen-bond donors (Lipinski definition) is 1.